The van der Waals surface area contributed by atoms with E-state index < -0.39 is 0 Å². The SMILES string of the molecule is CCC(N)C(c1cc(Br)cs1)N1CC(O)CC1CN(C)C. The van der Waals surface area contributed by atoms with Crippen molar-refractivity contribution in [3.05, 3.63) is 20.8 Å². The van der Waals surface area contributed by atoms with Crippen molar-refractivity contribution < 1.29 is 5.11 Å². The number of likely N-dealkylation sites (N-methyl/N-ethyl adjacent to an activating group) is 1. The Bertz CT molecular complexity index is 454. The Morgan fingerprint density at radius 3 is 2.81 bits per heavy atom. The molecule has 1 aromatic rings. The molecule has 6 heteroatoms. The summed E-state index contributed by atoms with van der Waals surface area (Å²) in [6.07, 6.45) is 1.52. The molecule has 4 nitrogen and oxygen atoms in total. The zero-order valence-electron chi connectivity index (χ0n) is 13.0. The third-order valence-corrected chi connectivity index (χ3v) is 5.89. The van der Waals surface area contributed by atoms with Crippen molar-refractivity contribution in [3.63, 3.8) is 0 Å². The first-order valence-corrected chi connectivity index (χ1v) is 9.17. The summed E-state index contributed by atoms with van der Waals surface area (Å²) in [5.41, 5.74) is 6.43. The van der Waals surface area contributed by atoms with Gasteiger partial charge in [0.15, 0.2) is 0 Å². The second kappa shape index (κ2) is 7.53. The molecule has 1 fully saturated rings. The van der Waals surface area contributed by atoms with Crippen molar-refractivity contribution in [1.29, 1.82) is 0 Å². The number of nitrogens with two attached hydrogens (primary N) is 1. The lowest BCUT2D eigenvalue weighted by Gasteiger charge is -2.36. The number of hydrogen-bond donors (Lipinski definition) is 2. The number of halogens is 1. The predicted octanol–water partition coefficient (Wildman–Crippen LogP) is 2.29. The number of β-amino-alcohol motifs (C(OH)–C–C–N with tert-alkyl or cyclic N) is 1. The zero-order valence-corrected chi connectivity index (χ0v) is 15.4. The highest BCUT2D eigenvalue weighted by molar-refractivity contribution is 9.10. The zero-order chi connectivity index (χ0) is 15.6. The summed E-state index contributed by atoms with van der Waals surface area (Å²) in [5, 5.41) is 12.2. The van der Waals surface area contributed by atoms with Gasteiger partial charge in [0.1, 0.15) is 0 Å². The van der Waals surface area contributed by atoms with Crippen molar-refractivity contribution in [1.82, 2.24) is 9.80 Å². The van der Waals surface area contributed by atoms with Crippen LogP contribution in [0.3, 0.4) is 0 Å². The van der Waals surface area contributed by atoms with Gasteiger partial charge in [0.25, 0.3) is 0 Å². The number of hydrogen-bond acceptors (Lipinski definition) is 5. The third kappa shape index (κ3) is 4.27. The lowest BCUT2D eigenvalue weighted by Crippen LogP contribution is -2.46. The Hall–Kier alpha value is 0.0200. The Morgan fingerprint density at radius 2 is 2.29 bits per heavy atom. The fourth-order valence-corrected chi connectivity index (χ4v) is 4.82. The highest BCUT2D eigenvalue weighted by Crippen LogP contribution is 2.36. The third-order valence-electron chi connectivity index (χ3n) is 4.12. The number of rotatable bonds is 6. The largest absolute Gasteiger partial charge is 0.392 e. The molecule has 0 radical (unpaired) electrons. The minimum Gasteiger partial charge on any atom is -0.392 e. The van der Waals surface area contributed by atoms with E-state index in [9.17, 15) is 5.11 Å². The first-order chi connectivity index (χ1) is 9.92. The average Bonchev–Trinajstić information content (AvgIpc) is 2.96. The van der Waals surface area contributed by atoms with E-state index in [1.165, 1.54) is 4.88 Å². The summed E-state index contributed by atoms with van der Waals surface area (Å²) in [4.78, 5) is 5.89. The van der Waals surface area contributed by atoms with Gasteiger partial charge in [-0.15, -0.1) is 11.3 Å². The number of thiophene rings is 1. The molecule has 0 amide bonds. The van der Waals surface area contributed by atoms with Crippen LogP contribution >= 0.6 is 27.3 Å². The van der Waals surface area contributed by atoms with Crippen LogP contribution in [0, 0.1) is 0 Å². The van der Waals surface area contributed by atoms with Gasteiger partial charge in [-0.2, -0.15) is 0 Å². The first kappa shape index (κ1) is 17.4. The number of aliphatic hydroxyl groups is 1. The maximum Gasteiger partial charge on any atom is 0.0682 e. The van der Waals surface area contributed by atoms with E-state index in [0.717, 1.165) is 23.9 Å². The van der Waals surface area contributed by atoms with Crippen LogP contribution in [0.25, 0.3) is 0 Å². The van der Waals surface area contributed by atoms with Gasteiger partial charge >= 0.3 is 0 Å². The average molecular weight is 376 g/mol. The van der Waals surface area contributed by atoms with Crippen molar-refractivity contribution in [2.24, 2.45) is 5.73 Å². The fraction of sp³-hybridized carbons (Fsp3) is 0.733. The van der Waals surface area contributed by atoms with Crippen molar-refractivity contribution in [2.45, 2.75) is 44.0 Å². The van der Waals surface area contributed by atoms with E-state index >= 15 is 0 Å². The molecule has 0 bridgehead atoms. The molecule has 21 heavy (non-hydrogen) atoms. The van der Waals surface area contributed by atoms with Crippen LogP contribution < -0.4 is 5.73 Å². The van der Waals surface area contributed by atoms with Crippen LogP contribution in [0.2, 0.25) is 0 Å². The topological polar surface area (TPSA) is 52.7 Å². The molecule has 1 aliphatic heterocycles. The van der Waals surface area contributed by atoms with E-state index in [1.807, 2.05) is 0 Å². The van der Waals surface area contributed by atoms with Crippen LogP contribution in [0.5, 0.6) is 0 Å². The van der Waals surface area contributed by atoms with Crippen molar-refractivity contribution in [3.8, 4) is 0 Å². The molecule has 0 spiro atoms. The van der Waals surface area contributed by atoms with Gasteiger partial charge in [0.05, 0.1) is 12.1 Å². The monoisotopic (exact) mass is 375 g/mol. The van der Waals surface area contributed by atoms with Gasteiger partial charge in [0, 0.05) is 39.9 Å². The van der Waals surface area contributed by atoms with Gasteiger partial charge in [-0.1, -0.05) is 6.92 Å². The van der Waals surface area contributed by atoms with Crippen molar-refractivity contribution >= 4 is 27.3 Å². The lowest BCUT2D eigenvalue weighted by atomic mass is 10.0. The standard InChI is InChI=1S/C15H26BrN3OS/c1-4-13(17)15(14-5-10(16)9-21-14)19-8-12(20)6-11(19)7-18(2)3/h5,9,11-13,15,20H,4,6-8,17H2,1-3H3. The maximum atomic E-state index is 10.1. The smallest absolute Gasteiger partial charge is 0.0682 e. The highest BCUT2D eigenvalue weighted by atomic mass is 79.9. The second-order valence-electron chi connectivity index (χ2n) is 6.19. The van der Waals surface area contributed by atoms with Gasteiger partial charge in [-0.05, 0) is 48.9 Å². The van der Waals surface area contributed by atoms with E-state index in [4.69, 9.17) is 5.73 Å². The van der Waals surface area contributed by atoms with Crippen LogP contribution in [-0.4, -0.2) is 60.3 Å². The highest BCUT2D eigenvalue weighted by Gasteiger charge is 2.39. The molecule has 1 saturated heterocycles. The van der Waals surface area contributed by atoms with Gasteiger partial charge in [-0.3, -0.25) is 4.90 Å². The molecule has 2 heterocycles. The van der Waals surface area contributed by atoms with Crippen LogP contribution in [0.15, 0.2) is 15.9 Å². The minimum atomic E-state index is -0.245. The van der Waals surface area contributed by atoms with E-state index in [1.54, 1.807) is 11.3 Å². The van der Waals surface area contributed by atoms with Crippen LogP contribution in [0.1, 0.15) is 30.7 Å². The number of aliphatic hydroxyl groups excluding tert-OH is 1. The summed E-state index contributed by atoms with van der Waals surface area (Å²) in [5.74, 6) is 0. The van der Waals surface area contributed by atoms with Crippen molar-refractivity contribution in [2.75, 3.05) is 27.2 Å². The molecule has 4 atom stereocenters. The number of nitrogens with zero attached hydrogens (tertiary/aromatic N) is 2. The van der Waals surface area contributed by atoms with Crippen LogP contribution in [-0.2, 0) is 0 Å². The van der Waals surface area contributed by atoms with E-state index in [0.29, 0.717) is 12.6 Å². The predicted molar refractivity (Wildman–Crippen MR) is 92.7 cm³/mol. The summed E-state index contributed by atoms with van der Waals surface area (Å²) < 4.78 is 1.11. The Kier molecular flexibility index (Phi) is 6.23. The van der Waals surface area contributed by atoms with Gasteiger partial charge < -0.3 is 15.7 Å². The molecule has 0 aliphatic carbocycles. The Morgan fingerprint density at radius 1 is 1.57 bits per heavy atom. The molecule has 0 aromatic carbocycles. The molecule has 1 aromatic heterocycles. The Labute approximate surface area is 140 Å². The molecule has 0 saturated carbocycles. The van der Waals surface area contributed by atoms with Gasteiger partial charge in [0.2, 0.25) is 0 Å². The van der Waals surface area contributed by atoms with E-state index in [2.05, 4.69) is 58.2 Å². The van der Waals surface area contributed by atoms with Crippen LogP contribution in [0.4, 0.5) is 0 Å². The summed E-state index contributed by atoms with van der Waals surface area (Å²) in [7, 11) is 4.17. The lowest BCUT2D eigenvalue weighted by molar-refractivity contribution is 0.121. The van der Waals surface area contributed by atoms with Gasteiger partial charge in [-0.25, -0.2) is 0 Å². The molecular weight excluding hydrogens is 350 g/mol. The quantitative estimate of drug-likeness (QED) is 0.800. The number of likely N-dealkylation sites (tertiary alicyclic amines) is 1. The molecule has 3 N–H and O–H groups in total. The van der Waals surface area contributed by atoms with E-state index in [-0.39, 0.29) is 18.2 Å². The first-order valence-electron chi connectivity index (χ1n) is 7.50. The normalized spacial score (nSPS) is 26.4. The molecule has 4 unspecified atom stereocenters. The maximum absolute atomic E-state index is 10.1. The molecule has 1 aliphatic rings. The molecule has 120 valence electrons. The summed E-state index contributed by atoms with van der Waals surface area (Å²) in [6, 6.07) is 2.81. The Balaban J connectivity index is 2.26. The second-order valence-corrected chi connectivity index (χ2v) is 8.05. The minimum absolute atomic E-state index is 0.0884. The molecule has 2 rings (SSSR count). The fourth-order valence-electron chi connectivity index (χ4n) is 3.19. The molecular formula is C15H26BrN3OS. The summed E-state index contributed by atoms with van der Waals surface area (Å²) >= 11 is 5.29. The summed E-state index contributed by atoms with van der Waals surface area (Å²) in [6.45, 7) is 3.80.